The van der Waals surface area contributed by atoms with Crippen LogP contribution in [0.3, 0.4) is 0 Å². The topological polar surface area (TPSA) is 70.5 Å². The fourth-order valence-corrected chi connectivity index (χ4v) is 2.33. The standard InChI is InChI=1S/C15H15ClN2O3/c1-2-18(9-7-13(19)20)15(21)11-5-6-12(16)10-4-3-8-17-14(10)11/h3-6,8H,2,7,9H2,1H3,(H,19,20). The highest BCUT2D eigenvalue weighted by molar-refractivity contribution is 6.36. The summed E-state index contributed by atoms with van der Waals surface area (Å²) in [6.45, 7) is 2.41. The van der Waals surface area contributed by atoms with Crippen molar-refractivity contribution in [3.63, 3.8) is 0 Å². The van der Waals surface area contributed by atoms with Crippen molar-refractivity contribution < 1.29 is 14.7 Å². The van der Waals surface area contributed by atoms with Crippen LogP contribution in [0.25, 0.3) is 10.9 Å². The molecule has 1 aromatic carbocycles. The summed E-state index contributed by atoms with van der Waals surface area (Å²) in [5.41, 5.74) is 0.964. The third-order valence-electron chi connectivity index (χ3n) is 3.21. The smallest absolute Gasteiger partial charge is 0.305 e. The fourth-order valence-electron chi connectivity index (χ4n) is 2.11. The second-order valence-corrected chi connectivity index (χ2v) is 4.93. The van der Waals surface area contributed by atoms with Crippen LogP contribution in [0.1, 0.15) is 23.7 Å². The summed E-state index contributed by atoms with van der Waals surface area (Å²) in [7, 11) is 0. The summed E-state index contributed by atoms with van der Waals surface area (Å²) in [5, 5.41) is 9.99. The van der Waals surface area contributed by atoms with Crippen molar-refractivity contribution in [1.29, 1.82) is 0 Å². The number of pyridine rings is 1. The summed E-state index contributed by atoms with van der Waals surface area (Å²) in [6, 6.07) is 6.84. The highest BCUT2D eigenvalue weighted by Gasteiger charge is 2.19. The quantitative estimate of drug-likeness (QED) is 0.922. The van der Waals surface area contributed by atoms with Crippen molar-refractivity contribution in [3.8, 4) is 0 Å². The predicted octanol–water partition coefficient (Wildman–Crippen LogP) is 2.83. The van der Waals surface area contributed by atoms with Crippen molar-refractivity contribution in [2.24, 2.45) is 0 Å². The average molecular weight is 307 g/mol. The van der Waals surface area contributed by atoms with Gasteiger partial charge in [0.15, 0.2) is 0 Å². The molecule has 0 fully saturated rings. The molecule has 0 radical (unpaired) electrons. The molecule has 0 atom stereocenters. The minimum Gasteiger partial charge on any atom is -0.481 e. The number of carbonyl (C=O) groups is 2. The molecule has 0 saturated carbocycles. The molecule has 2 rings (SSSR count). The number of hydrogen-bond donors (Lipinski definition) is 1. The molecule has 6 heteroatoms. The zero-order chi connectivity index (χ0) is 15.4. The fraction of sp³-hybridized carbons (Fsp3) is 0.267. The maximum atomic E-state index is 12.6. The van der Waals surface area contributed by atoms with Crippen LogP contribution in [0.5, 0.6) is 0 Å². The Kier molecular flexibility index (Phi) is 4.75. The normalized spacial score (nSPS) is 10.6. The number of fused-ring (bicyclic) bond motifs is 1. The molecule has 21 heavy (non-hydrogen) atoms. The molecule has 0 unspecified atom stereocenters. The van der Waals surface area contributed by atoms with Gasteiger partial charge in [0.05, 0.1) is 22.5 Å². The molecule has 0 aliphatic carbocycles. The summed E-state index contributed by atoms with van der Waals surface area (Å²) in [6.07, 6.45) is 1.52. The maximum absolute atomic E-state index is 12.6. The van der Waals surface area contributed by atoms with E-state index < -0.39 is 5.97 Å². The van der Waals surface area contributed by atoms with Crippen LogP contribution >= 0.6 is 11.6 Å². The second-order valence-electron chi connectivity index (χ2n) is 4.52. The highest BCUT2D eigenvalue weighted by Crippen LogP contribution is 2.25. The van der Waals surface area contributed by atoms with E-state index in [9.17, 15) is 9.59 Å². The minimum absolute atomic E-state index is 0.0848. The third kappa shape index (κ3) is 3.31. The number of aliphatic carboxylic acids is 1. The summed E-state index contributed by atoms with van der Waals surface area (Å²) >= 11 is 6.11. The number of hydrogen-bond acceptors (Lipinski definition) is 3. The van der Waals surface area contributed by atoms with Crippen molar-refractivity contribution in [2.75, 3.05) is 13.1 Å². The number of carboxylic acid groups (broad SMARTS) is 1. The van der Waals surface area contributed by atoms with Gasteiger partial charge in [0, 0.05) is 24.7 Å². The Morgan fingerprint density at radius 3 is 2.76 bits per heavy atom. The number of amides is 1. The van der Waals surface area contributed by atoms with E-state index in [1.54, 1.807) is 30.5 Å². The number of carbonyl (C=O) groups excluding carboxylic acids is 1. The van der Waals surface area contributed by atoms with E-state index in [1.807, 2.05) is 6.92 Å². The summed E-state index contributed by atoms with van der Waals surface area (Å²) in [4.78, 5) is 28.9. The first-order chi connectivity index (χ1) is 10.0. The van der Waals surface area contributed by atoms with E-state index in [0.717, 1.165) is 0 Å². The first kappa shape index (κ1) is 15.3. The van der Waals surface area contributed by atoms with Gasteiger partial charge in [-0.3, -0.25) is 14.6 Å². The molecule has 0 saturated heterocycles. The van der Waals surface area contributed by atoms with Gasteiger partial charge in [-0.1, -0.05) is 11.6 Å². The molecule has 1 aromatic heterocycles. The van der Waals surface area contributed by atoms with Crippen LogP contribution in [0.2, 0.25) is 5.02 Å². The van der Waals surface area contributed by atoms with E-state index in [0.29, 0.717) is 28.0 Å². The lowest BCUT2D eigenvalue weighted by molar-refractivity contribution is -0.137. The molecular formula is C15H15ClN2O3. The van der Waals surface area contributed by atoms with Crippen LogP contribution in [-0.2, 0) is 4.79 Å². The molecule has 1 heterocycles. The summed E-state index contributed by atoms with van der Waals surface area (Å²) < 4.78 is 0. The molecular weight excluding hydrogens is 292 g/mol. The monoisotopic (exact) mass is 306 g/mol. The predicted molar refractivity (Wildman–Crippen MR) is 80.6 cm³/mol. The van der Waals surface area contributed by atoms with Gasteiger partial charge in [-0.15, -0.1) is 0 Å². The molecule has 1 N–H and O–H groups in total. The Labute approximate surface area is 127 Å². The molecule has 0 bridgehead atoms. The molecule has 0 aliphatic heterocycles. The molecule has 110 valence electrons. The number of rotatable bonds is 5. The molecule has 2 aromatic rings. The average Bonchev–Trinajstić information content (AvgIpc) is 2.48. The largest absolute Gasteiger partial charge is 0.481 e. The Morgan fingerprint density at radius 2 is 2.10 bits per heavy atom. The van der Waals surface area contributed by atoms with Gasteiger partial charge in [0.2, 0.25) is 0 Å². The van der Waals surface area contributed by atoms with Gasteiger partial charge in [0.1, 0.15) is 0 Å². The molecule has 5 nitrogen and oxygen atoms in total. The Morgan fingerprint density at radius 1 is 1.33 bits per heavy atom. The number of aromatic nitrogens is 1. The highest BCUT2D eigenvalue weighted by atomic mass is 35.5. The van der Waals surface area contributed by atoms with E-state index in [2.05, 4.69) is 4.98 Å². The minimum atomic E-state index is -0.930. The van der Waals surface area contributed by atoms with Crippen LogP contribution in [0, 0.1) is 0 Å². The molecule has 1 amide bonds. The van der Waals surface area contributed by atoms with E-state index >= 15 is 0 Å². The third-order valence-corrected chi connectivity index (χ3v) is 3.54. The van der Waals surface area contributed by atoms with Crippen LogP contribution < -0.4 is 0 Å². The first-order valence-corrected chi connectivity index (χ1v) is 6.96. The Bertz CT molecular complexity index is 688. The first-order valence-electron chi connectivity index (χ1n) is 6.59. The van der Waals surface area contributed by atoms with Gasteiger partial charge in [-0.25, -0.2) is 0 Å². The van der Waals surface area contributed by atoms with Crippen molar-refractivity contribution in [3.05, 3.63) is 41.0 Å². The van der Waals surface area contributed by atoms with Crippen molar-refractivity contribution in [2.45, 2.75) is 13.3 Å². The second kappa shape index (κ2) is 6.54. The van der Waals surface area contributed by atoms with Crippen LogP contribution in [0.4, 0.5) is 0 Å². The van der Waals surface area contributed by atoms with Crippen LogP contribution in [0.15, 0.2) is 30.5 Å². The van der Waals surface area contributed by atoms with Gasteiger partial charge in [-0.2, -0.15) is 0 Å². The Hall–Kier alpha value is -2.14. The maximum Gasteiger partial charge on any atom is 0.305 e. The number of carboxylic acids is 1. The lowest BCUT2D eigenvalue weighted by atomic mass is 10.1. The van der Waals surface area contributed by atoms with E-state index in [1.165, 1.54) is 4.90 Å². The van der Waals surface area contributed by atoms with Crippen LogP contribution in [-0.4, -0.2) is 40.0 Å². The van der Waals surface area contributed by atoms with Gasteiger partial charge in [0.25, 0.3) is 5.91 Å². The van der Waals surface area contributed by atoms with E-state index in [-0.39, 0.29) is 18.9 Å². The summed E-state index contributed by atoms with van der Waals surface area (Å²) in [5.74, 6) is -1.17. The number of benzene rings is 1. The van der Waals surface area contributed by atoms with Crippen molar-refractivity contribution in [1.82, 2.24) is 9.88 Å². The zero-order valence-electron chi connectivity index (χ0n) is 11.5. The zero-order valence-corrected chi connectivity index (χ0v) is 12.3. The lowest BCUT2D eigenvalue weighted by Crippen LogP contribution is -2.33. The SMILES string of the molecule is CCN(CCC(=O)O)C(=O)c1ccc(Cl)c2cccnc12. The van der Waals surface area contributed by atoms with Crippen molar-refractivity contribution >= 4 is 34.4 Å². The number of halogens is 1. The number of nitrogens with zero attached hydrogens (tertiary/aromatic N) is 2. The van der Waals surface area contributed by atoms with Gasteiger partial charge >= 0.3 is 5.97 Å². The van der Waals surface area contributed by atoms with Gasteiger partial charge in [-0.05, 0) is 31.2 Å². The Balaban J connectivity index is 2.38. The lowest BCUT2D eigenvalue weighted by Gasteiger charge is -2.20. The molecule has 0 spiro atoms. The molecule has 0 aliphatic rings. The van der Waals surface area contributed by atoms with E-state index in [4.69, 9.17) is 16.7 Å². The van der Waals surface area contributed by atoms with Gasteiger partial charge < -0.3 is 10.0 Å².